The van der Waals surface area contributed by atoms with E-state index in [-0.39, 0.29) is 5.91 Å². The van der Waals surface area contributed by atoms with E-state index in [4.69, 9.17) is 16.3 Å². The van der Waals surface area contributed by atoms with Gasteiger partial charge in [-0.15, -0.1) is 0 Å². The fraction of sp³-hybridized carbons (Fsp3) is 0.190. The monoisotopic (exact) mass is 472 g/mol. The zero-order valence-electron chi connectivity index (χ0n) is 15.5. The number of piperazine rings is 1. The predicted molar refractivity (Wildman–Crippen MR) is 116 cm³/mol. The molecule has 0 unspecified atom stereocenters. The van der Waals surface area contributed by atoms with Gasteiger partial charge in [-0.25, -0.2) is 9.97 Å². The quantitative estimate of drug-likeness (QED) is 0.552. The van der Waals surface area contributed by atoms with Crippen LogP contribution in [0.25, 0.3) is 0 Å². The highest BCUT2D eigenvalue weighted by Crippen LogP contribution is 2.23. The summed E-state index contributed by atoms with van der Waals surface area (Å²) >= 11 is 9.30. The van der Waals surface area contributed by atoms with E-state index in [1.165, 1.54) is 0 Å². The van der Waals surface area contributed by atoms with Crippen LogP contribution < -0.4 is 9.64 Å². The molecular formula is C21H18BrClN4O2. The van der Waals surface area contributed by atoms with E-state index in [2.05, 4.69) is 30.8 Å². The van der Waals surface area contributed by atoms with Crippen LogP contribution in [0.15, 0.2) is 65.4 Å². The third kappa shape index (κ3) is 4.86. The summed E-state index contributed by atoms with van der Waals surface area (Å²) in [6.45, 7) is 2.69. The Bertz CT molecular complexity index is 990. The normalized spacial score (nSPS) is 14.0. The van der Waals surface area contributed by atoms with Crippen molar-refractivity contribution in [3.8, 4) is 11.6 Å². The third-order valence-corrected chi connectivity index (χ3v) is 5.32. The van der Waals surface area contributed by atoms with Crippen molar-refractivity contribution in [3.63, 3.8) is 0 Å². The van der Waals surface area contributed by atoms with E-state index >= 15 is 0 Å². The summed E-state index contributed by atoms with van der Waals surface area (Å²) in [5, 5.41) is 0.613. The lowest BCUT2D eigenvalue weighted by Crippen LogP contribution is -2.49. The second kappa shape index (κ2) is 8.80. The maximum absolute atomic E-state index is 12.8. The zero-order valence-corrected chi connectivity index (χ0v) is 17.8. The first-order valence-electron chi connectivity index (χ1n) is 9.14. The van der Waals surface area contributed by atoms with Gasteiger partial charge in [0.1, 0.15) is 11.6 Å². The molecule has 6 nitrogen and oxygen atoms in total. The fourth-order valence-corrected chi connectivity index (χ4v) is 3.58. The summed E-state index contributed by atoms with van der Waals surface area (Å²) in [5.74, 6) is 1.96. The minimum absolute atomic E-state index is 0.0322. The molecule has 4 rings (SSSR count). The summed E-state index contributed by atoms with van der Waals surface area (Å²) in [6.07, 6.45) is 3.20. The number of carbonyl (C=O) groups is 1. The maximum Gasteiger partial charge on any atom is 0.255 e. The number of anilines is 1. The lowest BCUT2D eigenvalue weighted by atomic mass is 10.2. The number of benzene rings is 1. The van der Waals surface area contributed by atoms with Crippen molar-refractivity contribution in [1.82, 2.24) is 14.9 Å². The lowest BCUT2D eigenvalue weighted by Gasteiger charge is -2.35. The molecule has 8 heteroatoms. The fourth-order valence-electron chi connectivity index (χ4n) is 3.09. The molecule has 1 amide bonds. The molecular weight excluding hydrogens is 456 g/mol. The average molecular weight is 474 g/mol. The lowest BCUT2D eigenvalue weighted by molar-refractivity contribution is 0.0746. The summed E-state index contributed by atoms with van der Waals surface area (Å²) < 4.78 is 6.65. The van der Waals surface area contributed by atoms with Crippen molar-refractivity contribution in [2.75, 3.05) is 31.1 Å². The SMILES string of the molecule is O=C(c1ccc(Oc2cccc(Br)c2)nc1)N1CCN(c2ccc(Cl)cn2)CC1. The number of rotatable bonds is 4. The Morgan fingerprint density at radius 1 is 1.00 bits per heavy atom. The van der Waals surface area contributed by atoms with Crippen molar-refractivity contribution in [3.05, 3.63) is 76.0 Å². The van der Waals surface area contributed by atoms with Gasteiger partial charge in [0.05, 0.1) is 10.6 Å². The summed E-state index contributed by atoms with van der Waals surface area (Å²) in [4.78, 5) is 25.4. The first-order valence-corrected chi connectivity index (χ1v) is 10.3. The van der Waals surface area contributed by atoms with Crippen molar-refractivity contribution < 1.29 is 9.53 Å². The van der Waals surface area contributed by atoms with E-state index in [1.54, 1.807) is 24.5 Å². The number of aromatic nitrogens is 2. The molecule has 2 aromatic heterocycles. The van der Waals surface area contributed by atoms with Crippen molar-refractivity contribution >= 4 is 39.3 Å². The van der Waals surface area contributed by atoms with Crippen LogP contribution >= 0.6 is 27.5 Å². The van der Waals surface area contributed by atoms with Crippen LogP contribution in [-0.4, -0.2) is 47.0 Å². The van der Waals surface area contributed by atoms with Crippen LogP contribution in [0.2, 0.25) is 5.02 Å². The second-order valence-corrected chi connectivity index (χ2v) is 7.91. The highest BCUT2D eigenvalue weighted by atomic mass is 79.9. The molecule has 3 heterocycles. The van der Waals surface area contributed by atoms with Crippen LogP contribution in [0.3, 0.4) is 0 Å². The number of carbonyl (C=O) groups excluding carboxylic acids is 1. The molecule has 1 aliphatic rings. The van der Waals surface area contributed by atoms with Crippen LogP contribution in [0.5, 0.6) is 11.6 Å². The van der Waals surface area contributed by atoms with Gasteiger partial charge in [0.25, 0.3) is 5.91 Å². The zero-order chi connectivity index (χ0) is 20.2. The molecule has 0 saturated carbocycles. The summed E-state index contributed by atoms with van der Waals surface area (Å²) in [5.41, 5.74) is 0.546. The van der Waals surface area contributed by atoms with Gasteiger partial charge >= 0.3 is 0 Å². The molecule has 0 N–H and O–H groups in total. The molecule has 1 fully saturated rings. The number of ether oxygens (including phenoxy) is 1. The van der Waals surface area contributed by atoms with E-state index in [0.29, 0.717) is 35.3 Å². The number of hydrogen-bond acceptors (Lipinski definition) is 5. The number of nitrogens with zero attached hydrogens (tertiary/aromatic N) is 4. The molecule has 0 spiro atoms. The Kier molecular flexibility index (Phi) is 5.97. The van der Waals surface area contributed by atoms with Gasteiger partial charge in [0.2, 0.25) is 5.88 Å². The minimum Gasteiger partial charge on any atom is -0.439 e. The number of amides is 1. The Balaban J connectivity index is 1.35. The van der Waals surface area contributed by atoms with Gasteiger partial charge in [0, 0.05) is 49.1 Å². The molecule has 1 aromatic carbocycles. The number of pyridine rings is 2. The third-order valence-electron chi connectivity index (χ3n) is 4.60. The molecule has 1 aliphatic heterocycles. The van der Waals surface area contributed by atoms with Crippen LogP contribution in [0.4, 0.5) is 5.82 Å². The van der Waals surface area contributed by atoms with Gasteiger partial charge in [-0.1, -0.05) is 33.6 Å². The van der Waals surface area contributed by atoms with E-state index < -0.39 is 0 Å². The minimum atomic E-state index is -0.0322. The molecule has 0 bridgehead atoms. The molecule has 148 valence electrons. The van der Waals surface area contributed by atoms with Crippen molar-refractivity contribution in [2.45, 2.75) is 0 Å². The summed E-state index contributed by atoms with van der Waals surface area (Å²) in [7, 11) is 0. The van der Waals surface area contributed by atoms with Crippen molar-refractivity contribution in [1.29, 1.82) is 0 Å². The Morgan fingerprint density at radius 3 is 2.48 bits per heavy atom. The van der Waals surface area contributed by atoms with Crippen LogP contribution in [0, 0.1) is 0 Å². The van der Waals surface area contributed by atoms with Gasteiger partial charge in [0.15, 0.2) is 0 Å². The molecule has 1 saturated heterocycles. The first kappa shape index (κ1) is 19.7. The Hall–Kier alpha value is -2.64. The second-order valence-electron chi connectivity index (χ2n) is 6.56. The largest absolute Gasteiger partial charge is 0.439 e. The van der Waals surface area contributed by atoms with Gasteiger partial charge in [-0.05, 0) is 36.4 Å². The molecule has 0 aliphatic carbocycles. The van der Waals surface area contributed by atoms with Crippen LogP contribution in [0.1, 0.15) is 10.4 Å². The Labute approximate surface area is 182 Å². The standard InChI is InChI=1S/C21H18BrClN4O2/c22-16-2-1-3-18(12-16)29-20-7-4-15(13-25-20)21(28)27-10-8-26(9-11-27)19-6-5-17(23)14-24-19/h1-7,12-14H,8-11H2. The molecule has 29 heavy (non-hydrogen) atoms. The smallest absolute Gasteiger partial charge is 0.255 e. The number of hydrogen-bond donors (Lipinski definition) is 0. The van der Waals surface area contributed by atoms with Gasteiger partial charge < -0.3 is 14.5 Å². The highest BCUT2D eigenvalue weighted by molar-refractivity contribution is 9.10. The van der Waals surface area contributed by atoms with E-state index in [1.807, 2.05) is 41.3 Å². The van der Waals surface area contributed by atoms with Crippen molar-refractivity contribution in [2.24, 2.45) is 0 Å². The van der Waals surface area contributed by atoms with Gasteiger partial charge in [-0.3, -0.25) is 4.79 Å². The maximum atomic E-state index is 12.8. The van der Waals surface area contributed by atoms with E-state index in [0.717, 1.165) is 23.4 Å². The molecule has 0 radical (unpaired) electrons. The van der Waals surface area contributed by atoms with Gasteiger partial charge in [-0.2, -0.15) is 0 Å². The molecule has 3 aromatic rings. The predicted octanol–water partition coefficient (Wildman–Crippen LogP) is 4.65. The summed E-state index contributed by atoms with van der Waals surface area (Å²) in [6, 6.07) is 14.7. The highest BCUT2D eigenvalue weighted by Gasteiger charge is 2.23. The van der Waals surface area contributed by atoms with E-state index in [9.17, 15) is 4.79 Å². The first-order chi connectivity index (χ1) is 14.1. The Morgan fingerprint density at radius 2 is 1.83 bits per heavy atom. The molecule has 0 atom stereocenters. The average Bonchev–Trinajstić information content (AvgIpc) is 2.75. The number of halogens is 2. The topological polar surface area (TPSA) is 58.6 Å². The van der Waals surface area contributed by atoms with Crippen LogP contribution in [-0.2, 0) is 0 Å².